The lowest BCUT2D eigenvalue weighted by Crippen LogP contribution is -2.32. The van der Waals surface area contributed by atoms with Crippen LogP contribution < -0.4 is 10.1 Å². The first-order valence-corrected chi connectivity index (χ1v) is 6.21. The van der Waals surface area contributed by atoms with Crippen LogP contribution in [0.4, 0.5) is 8.78 Å². The highest BCUT2D eigenvalue weighted by Gasteiger charge is 2.12. The van der Waals surface area contributed by atoms with Crippen LogP contribution in [0.5, 0.6) is 5.75 Å². The summed E-state index contributed by atoms with van der Waals surface area (Å²) in [4.78, 5) is 0. The molecule has 0 aliphatic heterocycles. The van der Waals surface area contributed by atoms with E-state index in [1.54, 1.807) is 12.1 Å². The number of nitrogens with one attached hydrogen (secondary N) is 1. The summed E-state index contributed by atoms with van der Waals surface area (Å²) >= 11 is 0. The van der Waals surface area contributed by atoms with Crippen molar-refractivity contribution in [3.8, 4) is 5.75 Å². The van der Waals surface area contributed by atoms with Crippen LogP contribution in [0.3, 0.4) is 0 Å². The Labute approximate surface area is 107 Å². The van der Waals surface area contributed by atoms with E-state index >= 15 is 0 Å². The van der Waals surface area contributed by atoms with Gasteiger partial charge in [0, 0.05) is 12.1 Å². The molecule has 0 aliphatic carbocycles. The monoisotopic (exact) mass is 257 g/mol. The van der Waals surface area contributed by atoms with Crippen molar-refractivity contribution < 1.29 is 13.5 Å². The minimum absolute atomic E-state index is 0.183. The van der Waals surface area contributed by atoms with Crippen LogP contribution in [0.15, 0.2) is 24.3 Å². The molecule has 0 saturated carbocycles. The zero-order chi connectivity index (χ0) is 13.7. The summed E-state index contributed by atoms with van der Waals surface area (Å²) in [7, 11) is 0. The van der Waals surface area contributed by atoms with Crippen LogP contribution >= 0.6 is 0 Å². The molecule has 2 atom stereocenters. The molecule has 2 nitrogen and oxygen atoms in total. The average molecular weight is 257 g/mol. The van der Waals surface area contributed by atoms with Gasteiger partial charge in [-0.25, -0.2) is 0 Å². The first kappa shape index (κ1) is 14.9. The number of rotatable bonds is 6. The standard InChI is InChI=1S/C14H21F2NO/c1-9(2)10(3)17-11(4)12-5-7-13(8-6-12)18-14(15)16/h5-11,14,17H,1-4H3. The van der Waals surface area contributed by atoms with E-state index in [2.05, 4.69) is 37.7 Å². The van der Waals surface area contributed by atoms with Crippen LogP contribution in [0.1, 0.15) is 39.3 Å². The number of hydrogen-bond donors (Lipinski definition) is 1. The first-order valence-electron chi connectivity index (χ1n) is 6.21. The van der Waals surface area contributed by atoms with Gasteiger partial charge in [-0.1, -0.05) is 26.0 Å². The molecule has 1 rings (SSSR count). The van der Waals surface area contributed by atoms with Crippen molar-refractivity contribution in [3.63, 3.8) is 0 Å². The van der Waals surface area contributed by atoms with Gasteiger partial charge in [0.1, 0.15) is 5.75 Å². The summed E-state index contributed by atoms with van der Waals surface area (Å²) in [5.41, 5.74) is 1.06. The van der Waals surface area contributed by atoms with Crippen molar-refractivity contribution in [2.45, 2.75) is 46.4 Å². The number of halogens is 2. The summed E-state index contributed by atoms with van der Waals surface area (Å²) in [6, 6.07) is 7.34. The predicted octanol–water partition coefficient (Wildman–Crippen LogP) is 3.98. The van der Waals surface area contributed by atoms with Gasteiger partial charge in [0.15, 0.2) is 0 Å². The lowest BCUT2D eigenvalue weighted by molar-refractivity contribution is -0.0498. The second-order valence-electron chi connectivity index (χ2n) is 4.87. The Hall–Kier alpha value is -1.16. The lowest BCUT2D eigenvalue weighted by Gasteiger charge is -2.23. The van der Waals surface area contributed by atoms with Crippen molar-refractivity contribution in [1.29, 1.82) is 0 Å². The number of benzene rings is 1. The first-order chi connectivity index (χ1) is 8.40. The molecule has 0 amide bonds. The molecule has 0 fully saturated rings. The molecule has 0 spiro atoms. The lowest BCUT2D eigenvalue weighted by atomic mass is 10.0. The molecule has 0 saturated heterocycles. The third kappa shape index (κ3) is 4.61. The van der Waals surface area contributed by atoms with Crippen LogP contribution in [0, 0.1) is 5.92 Å². The minimum atomic E-state index is -2.77. The molecule has 0 aliphatic rings. The molecular formula is C14H21F2NO. The van der Waals surface area contributed by atoms with Gasteiger partial charge in [0.2, 0.25) is 0 Å². The zero-order valence-electron chi connectivity index (χ0n) is 11.3. The summed E-state index contributed by atoms with van der Waals surface area (Å²) < 4.78 is 28.3. The largest absolute Gasteiger partial charge is 0.435 e. The Morgan fingerprint density at radius 2 is 1.56 bits per heavy atom. The second kappa shape index (κ2) is 6.69. The molecule has 0 aromatic heterocycles. The Morgan fingerprint density at radius 3 is 2.00 bits per heavy atom. The molecule has 102 valence electrons. The van der Waals surface area contributed by atoms with E-state index in [1.807, 2.05) is 12.1 Å². The van der Waals surface area contributed by atoms with Crippen molar-refractivity contribution in [2.24, 2.45) is 5.92 Å². The van der Waals surface area contributed by atoms with E-state index in [0.717, 1.165) is 5.56 Å². The van der Waals surface area contributed by atoms with Gasteiger partial charge in [0.25, 0.3) is 0 Å². The molecule has 1 aromatic carbocycles. The summed E-state index contributed by atoms with van der Waals surface area (Å²) in [6.45, 7) is 5.73. The molecule has 0 radical (unpaired) electrons. The normalized spacial score (nSPS) is 14.9. The highest BCUT2D eigenvalue weighted by Crippen LogP contribution is 2.20. The Bertz CT molecular complexity index is 351. The Kier molecular flexibility index (Phi) is 5.54. The van der Waals surface area contributed by atoms with E-state index in [9.17, 15) is 8.78 Å². The predicted molar refractivity (Wildman–Crippen MR) is 68.9 cm³/mol. The molecule has 0 bridgehead atoms. The van der Waals surface area contributed by atoms with Crippen molar-refractivity contribution >= 4 is 0 Å². The topological polar surface area (TPSA) is 21.3 Å². The van der Waals surface area contributed by atoms with E-state index in [0.29, 0.717) is 12.0 Å². The summed E-state index contributed by atoms with van der Waals surface area (Å²) in [5, 5.41) is 3.47. The van der Waals surface area contributed by atoms with Crippen LogP contribution in [0.2, 0.25) is 0 Å². The smallest absolute Gasteiger partial charge is 0.387 e. The fourth-order valence-corrected chi connectivity index (χ4v) is 1.62. The van der Waals surface area contributed by atoms with E-state index < -0.39 is 6.61 Å². The van der Waals surface area contributed by atoms with Crippen LogP contribution in [-0.2, 0) is 0 Å². The zero-order valence-corrected chi connectivity index (χ0v) is 11.3. The summed E-state index contributed by atoms with van der Waals surface area (Å²) in [6.07, 6.45) is 0. The average Bonchev–Trinajstić information content (AvgIpc) is 2.28. The maximum atomic E-state index is 12.0. The highest BCUT2D eigenvalue weighted by atomic mass is 19.3. The van der Waals surface area contributed by atoms with Gasteiger partial charge >= 0.3 is 6.61 Å². The van der Waals surface area contributed by atoms with Gasteiger partial charge in [-0.3, -0.25) is 0 Å². The van der Waals surface area contributed by atoms with Gasteiger partial charge in [-0.15, -0.1) is 0 Å². The number of ether oxygens (including phenoxy) is 1. The van der Waals surface area contributed by atoms with Crippen molar-refractivity contribution in [2.75, 3.05) is 0 Å². The molecule has 4 heteroatoms. The third-order valence-electron chi connectivity index (χ3n) is 3.12. The third-order valence-corrected chi connectivity index (χ3v) is 3.12. The maximum Gasteiger partial charge on any atom is 0.387 e. The minimum Gasteiger partial charge on any atom is -0.435 e. The molecule has 1 aromatic rings. The van der Waals surface area contributed by atoms with Crippen LogP contribution in [-0.4, -0.2) is 12.7 Å². The van der Waals surface area contributed by atoms with Gasteiger partial charge in [-0.05, 0) is 37.5 Å². The quantitative estimate of drug-likeness (QED) is 0.832. The second-order valence-corrected chi connectivity index (χ2v) is 4.87. The van der Waals surface area contributed by atoms with E-state index in [4.69, 9.17) is 0 Å². The molecule has 0 heterocycles. The fourth-order valence-electron chi connectivity index (χ4n) is 1.62. The molecule has 1 N–H and O–H groups in total. The van der Waals surface area contributed by atoms with Gasteiger partial charge < -0.3 is 10.1 Å². The molecule has 2 unspecified atom stereocenters. The van der Waals surface area contributed by atoms with E-state index in [-0.39, 0.29) is 11.8 Å². The maximum absolute atomic E-state index is 12.0. The Balaban J connectivity index is 2.61. The van der Waals surface area contributed by atoms with Crippen LogP contribution in [0.25, 0.3) is 0 Å². The SMILES string of the molecule is CC(NC(C)C(C)C)c1ccc(OC(F)F)cc1. The molecule has 18 heavy (non-hydrogen) atoms. The number of alkyl halides is 2. The van der Waals surface area contributed by atoms with Crippen molar-refractivity contribution in [3.05, 3.63) is 29.8 Å². The van der Waals surface area contributed by atoms with Gasteiger partial charge in [-0.2, -0.15) is 8.78 Å². The van der Waals surface area contributed by atoms with Gasteiger partial charge in [0.05, 0.1) is 0 Å². The van der Waals surface area contributed by atoms with E-state index in [1.165, 1.54) is 0 Å². The fraction of sp³-hybridized carbons (Fsp3) is 0.571. The highest BCUT2D eigenvalue weighted by molar-refractivity contribution is 5.29. The molecular weight excluding hydrogens is 236 g/mol. The Morgan fingerprint density at radius 1 is 1.00 bits per heavy atom. The van der Waals surface area contributed by atoms with Crippen molar-refractivity contribution in [1.82, 2.24) is 5.32 Å². The number of hydrogen-bond acceptors (Lipinski definition) is 2. The summed E-state index contributed by atoms with van der Waals surface area (Å²) in [5.74, 6) is 0.742.